The SMILES string of the molecule is O=C1CC(C2(c3ccccc3)C(=O)c3ccccc3C2=O)C(=O)N1c1ccc2c(c1)OCO2. The highest BCUT2D eigenvalue weighted by Crippen LogP contribution is 2.49. The van der Waals surface area contributed by atoms with E-state index >= 15 is 0 Å². The van der Waals surface area contributed by atoms with Crippen LogP contribution in [0.15, 0.2) is 72.8 Å². The Morgan fingerprint density at radius 1 is 0.758 bits per heavy atom. The molecule has 0 spiro atoms. The third-order valence-corrected chi connectivity index (χ3v) is 6.65. The molecule has 0 aromatic heterocycles. The molecule has 162 valence electrons. The number of imide groups is 1. The van der Waals surface area contributed by atoms with Gasteiger partial charge in [-0.15, -0.1) is 0 Å². The van der Waals surface area contributed by atoms with Crippen LogP contribution in [0.5, 0.6) is 11.5 Å². The molecule has 2 amide bonds. The van der Waals surface area contributed by atoms with Gasteiger partial charge in [-0.3, -0.25) is 24.1 Å². The Hall–Kier alpha value is -4.26. The first-order chi connectivity index (χ1) is 16.0. The number of carbonyl (C=O) groups excluding carboxylic acids is 4. The predicted molar refractivity (Wildman–Crippen MR) is 116 cm³/mol. The van der Waals surface area contributed by atoms with E-state index in [1.807, 2.05) is 0 Å². The van der Waals surface area contributed by atoms with Crippen molar-refractivity contribution in [1.82, 2.24) is 0 Å². The van der Waals surface area contributed by atoms with Gasteiger partial charge in [-0.2, -0.15) is 0 Å². The lowest BCUT2D eigenvalue weighted by Gasteiger charge is -2.31. The van der Waals surface area contributed by atoms with E-state index in [1.165, 1.54) is 0 Å². The highest BCUT2D eigenvalue weighted by atomic mass is 16.7. The van der Waals surface area contributed by atoms with Crippen LogP contribution in [0.1, 0.15) is 32.7 Å². The largest absolute Gasteiger partial charge is 0.454 e. The predicted octanol–water partition coefficient (Wildman–Crippen LogP) is 3.31. The van der Waals surface area contributed by atoms with Gasteiger partial charge in [0.05, 0.1) is 11.6 Å². The monoisotopic (exact) mass is 439 g/mol. The smallest absolute Gasteiger partial charge is 0.239 e. The minimum Gasteiger partial charge on any atom is -0.454 e. The molecule has 0 bridgehead atoms. The molecule has 1 saturated heterocycles. The lowest BCUT2D eigenvalue weighted by molar-refractivity contribution is -0.122. The van der Waals surface area contributed by atoms with E-state index in [1.54, 1.807) is 72.8 Å². The number of rotatable bonds is 3. The molecule has 1 unspecified atom stereocenters. The first-order valence-electron chi connectivity index (χ1n) is 10.5. The molecule has 2 aliphatic heterocycles. The minimum atomic E-state index is -1.79. The molecule has 0 saturated carbocycles. The summed E-state index contributed by atoms with van der Waals surface area (Å²) >= 11 is 0. The summed E-state index contributed by atoms with van der Waals surface area (Å²) in [5.74, 6) is -2.18. The molecular formula is C26H17NO6. The summed E-state index contributed by atoms with van der Waals surface area (Å²) in [7, 11) is 0. The van der Waals surface area contributed by atoms with Crippen LogP contribution >= 0.6 is 0 Å². The van der Waals surface area contributed by atoms with E-state index in [0.717, 1.165) is 4.90 Å². The van der Waals surface area contributed by atoms with Gasteiger partial charge >= 0.3 is 0 Å². The maximum atomic E-state index is 13.8. The van der Waals surface area contributed by atoms with E-state index in [2.05, 4.69) is 0 Å². The number of hydrogen-bond donors (Lipinski definition) is 0. The van der Waals surface area contributed by atoms with Crippen LogP contribution < -0.4 is 14.4 Å². The Bertz CT molecular complexity index is 1330. The maximum Gasteiger partial charge on any atom is 0.239 e. The zero-order valence-electron chi connectivity index (χ0n) is 17.3. The zero-order chi connectivity index (χ0) is 22.7. The number of anilines is 1. The average Bonchev–Trinajstić information content (AvgIpc) is 3.49. The first-order valence-corrected chi connectivity index (χ1v) is 10.5. The molecule has 0 radical (unpaired) electrons. The van der Waals surface area contributed by atoms with E-state index < -0.39 is 34.7 Å². The second kappa shape index (κ2) is 6.87. The van der Waals surface area contributed by atoms with Crippen molar-refractivity contribution >= 4 is 29.1 Å². The lowest BCUT2D eigenvalue weighted by atomic mass is 9.66. The summed E-state index contributed by atoms with van der Waals surface area (Å²) in [4.78, 5) is 55.6. The van der Waals surface area contributed by atoms with Crippen LogP contribution in [0, 0.1) is 5.92 Å². The number of hydrogen-bond acceptors (Lipinski definition) is 6. The van der Waals surface area contributed by atoms with Gasteiger partial charge in [0.25, 0.3) is 0 Å². The van der Waals surface area contributed by atoms with Gasteiger partial charge in [0.15, 0.2) is 23.1 Å². The minimum absolute atomic E-state index is 0.0572. The van der Waals surface area contributed by atoms with Gasteiger partial charge in [0.1, 0.15) is 5.41 Å². The molecule has 1 atom stereocenters. The van der Waals surface area contributed by atoms with Crippen LogP contribution in [0.3, 0.4) is 0 Å². The van der Waals surface area contributed by atoms with Crippen LogP contribution in [0.25, 0.3) is 0 Å². The molecule has 0 N–H and O–H groups in total. The third-order valence-electron chi connectivity index (χ3n) is 6.65. The first kappa shape index (κ1) is 19.4. The molecule has 3 aliphatic rings. The van der Waals surface area contributed by atoms with Crippen molar-refractivity contribution in [3.05, 3.63) is 89.5 Å². The summed E-state index contributed by atoms with van der Waals surface area (Å²) in [6.45, 7) is 0.0572. The van der Waals surface area contributed by atoms with Crippen LogP contribution in [-0.2, 0) is 15.0 Å². The van der Waals surface area contributed by atoms with Crippen LogP contribution in [0.2, 0.25) is 0 Å². The lowest BCUT2D eigenvalue weighted by Crippen LogP contribution is -2.49. The number of carbonyl (C=O) groups is 4. The van der Waals surface area contributed by atoms with E-state index in [0.29, 0.717) is 22.7 Å². The molecule has 6 rings (SSSR count). The van der Waals surface area contributed by atoms with Gasteiger partial charge < -0.3 is 9.47 Å². The van der Waals surface area contributed by atoms with Gasteiger partial charge in [0, 0.05) is 23.6 Å². The Morgan fingerprint density at radius 2 is 1.39 bits per heavy atom. The quantitative estimate of drug-likeness (QED) is 0.460. The van der Waals surface area contributed by atoms with Gasteiger partial charge in [-0.25, -0.2) is 0 Å². The fourth-order valence-electron chi connectivity index (χ4n) is 5.15. The summed E-state index contributed by atoms with van der Waals surface area (Å²) in [5, 5.41) is 0. The zero-order valence-corrected chi connectivity index (χ0v) is 17.3. The fraction of sp³-hybridized carbons (Fsp3) is 0.154. The van der Waals surface area contributed by atoms with E-state index in [9.17, 15) is 19.2 Å². The molecule has 33 heavy (non-hydrogen) atoms. The number of amides is 2. The Labute approximate surface area is 188 Å². The molecular weight excluding hydrogens is 422 g/mol. The summed E-state index contributed by atoms with van der Waals surface area (Å²) in [6, 6.07) is 19.9. The van der Waals surface area contributed by atoms with Crippen molar-refractivity contribution in [2.75, 3.05) is 11.7 Å². The number of ketones is 2. The Kier molecular flexibility index (Phi) is 4.04. The molecule has 1 aliphatic carbocycles. The molecule has 2 heterocycles. The Balaban J connectivity index is 1.50. The number of fused-ring (bicyclic) bond motifs is 2. The van der Waals surface area contributed by atoms with Gasteiger partial charge in [-0.05, 0) is 17.7 Å². The number of Topliss-reactive ketones (excluding diaryl/α,β-unsaturated/α-hetero) is 2. The van der Waals surface area contributed by atoms with Crippen molar-refractivity contribution in [2.24, 2.45) is 5.92 Å². The van der Waals surface area contributed by atoms with E-state index in [4.69, 9.17) is 9.47 Å². The molecule has 1 fully saturated rings. The number of ether oxygens (including phenoxy) is 2. The summed E-state index contributed by atoms with van der Waals surface area (Å²) < 4.78 is 10.7. The molecule has 3 aromatic carbocycles. The highest BCUT2D eigenvalue weighted by molar-refractivity contribution is 6.37. The van der Waals surface area contributed by atoms with Gasteiger partial charge in [0.2, 0.25) is 18.6 Å². The van der Waals surface area contributed by atoms with Crippen molar-refractivity contribution in [1.29, 1.82) is 0 Å². The topological polar surface area (TPSA) is 90.0 Å². The molecule has 3 aromatic rings. The summed E-state index contributed by atoms with van der Waals surface area (Å²) in [5.41, 5.74) is -0.519. The summed E-state index contributed by atoms with van der Waals surface area (Å²) in [6.07, 6.45) is -0.256. The van der Waals surface area contributed by atoms with Crippen molar-refractivity contribution in [2.45, 2.75) is 11.8 Å². The second-order valence-corrected chi connectivity index (χ2v) is 8.24. The standard InChI is InChI=1S/C26H17NO6/c28-22-13-19(25(31)27(22)16-10-11-20-21(12-16)33-14-32-20)26(15-6-2-1-3-7-15)23(29)17-8-4-5-9-18(17)24(26)30/h1-12,19H,13-14H2. The second-order valence-electron chi connectivity index (χ2n) is 8.24. The number of benzene rings is 3. The van der Waals surface area contributed by atoms with Crippen molar-refractivity contribution < 1.29 is 28.7 Å². The third kappa shape index (κ3) is 2.50. The molecule has 7 nitrogen and oxygen atoms in total. The molecule has 7 heteroatoms. The van der Waals surface area contributed by atoms with Crippen LogP contribution in [0.4, 0.5) is 5.69 Å². The highest BCUT2D eigenvalue weighted by Gasteiger charge is 2.64. The Morgan fingerprint density at radius 3 is 2.09 bits per heavy atom. The van der Waals surface area contributed by atoms with Crippen molar-refractivity contribution in [3.63, 3.8) is 0 Å². The average molecular weight is 439 g/mol. The fourth-order valence-corrected chi connectivity index (χ4v) is 5.15. The van der Waals surface area contributed by atoms with Gasteiger partial charge in [-0.1, -0.05) is 54.6 Å². The van der Waals surface area contributed by atoms with Crippen LogP contribution in [-0.4, -0.2) is 30.2 Å². The normalized spacial score (nSPS) is 20.5. The van der Waals surface area contributed by atoms with Crippen molar-refractivity contribution in [3.8, 4) is 11.5 Å². The number of nitrogens with zero attached hydrogens (tertiary/aromatic N) is 1. The maximum absolute atomic E-state index is 13.8. The van der Waals surface area contributed by atoms with E-state index in [-0.39, 0.29) is 24.3 Å².